The van der Waals surface area contributed by atoms with Crippen molar-refractivity contribution in [2.45, 2.75) is 17.7 Å². The van der Waals surface area contributed by atoms with Gasteiger partial charge in [-0.05, 0) is 31.0 Å². The molecule has 0 radical (unpaired) electrons. The van der Waals surface area contributed by atoms with E-state index in [9.17, 15) is 13.2 Å². The lowest BCUT2D eigenvalue weighted by atomic mass is 10.2. The lowest BCUT2D eigenvalue weighted by Gasteiger charge is -2.14. The number of rotatable bonds is 4. The molecule has 2 rings (SSSR count). The summed E-state index contributed by atoms with van der Waals surface area (Å²) < 4.78 is 25.0. The van der Waals surface area contributed by atoms with Crippen molar-refractivity contribution in [2.24, 2.45) is 0 Å². The number of sulfonamides is 1. The minimum atomic E-state index is -3.75. The normalized spacial score (nSPS) is 16.9. The van der Waals surface area contributed by atoms with Gasteiger partial charge < -0.3 is 10.8 Å². The van der Waals surface area contributed by atoms with E-state index in [1.807, 2.05) is 0 Å². The number of amides is 1. The van der Waals surface area contributed by atoms with Crippen LogP contribution in [0.4, 0.5) is 5.69 Å². The van der Waals surface area contributed by atoms with E-state index in [4.69, 9.17) is 10.8 Å². The first-order chi connectivity index (χ1) is 8.48. The van der Waals surface area contributed by atoms with Crippen molar-refractivity contribution < 1.29 is 18.3 Å². The summed E-state index contributed by atoms with van der Waals surface area (Å²) in [6.07, 6.45) is 0.892. The van der Waals surface area contributed by atoms with E-state index in [0.717, 1.165) is 4.31 Å². The largest absolute Gasteiger partial charge is 0.399 e. The summed E-state index contributed by atoms with van der Waals surface area (Å²) in [5, 5.41) is 8.68. The second-order valence-electron chi connectivity index (χ2n) is 4.07. The van der Waals surface area contributed by atoms with Crippen LogP contribution in [-0.4, -0.2) is 36.9 Å². The molecular weight excluding hydrogens is 256 g/mol. The number of benzene rings is 1. The molecule has 0 fully saturated rings. The third-order valence-electron chi connectivity index (χ3n) is 2.80. The van der Waals surface area contributed by atoms with Crippen molar-refractivity contribution in [3.63, 3.8) is 0 Å². The van der Waals surface area contributed by atoms with Gasteiger partial charge in [0.15, 0.2) is 0 Å². The number of unbranched alkanes of at least 4 members (excludes halogenated alkanes) is 1. The average Bonchev–Trinajstić information content (AvgIpc) is 2.50. The number of hydrogen-bond donors (Lipinski definition) is 2. The minimum Gasteiger partial charge on any atom is -0.399 e. The van der Waals surface area contributed by atoms with Crippen LogP contribution in [0.5, 0.6) is 0 Å². The maximum atomic E-state index is 12.1. The van der Waals surface area contributed by atoms with Gasteiger partial charge >= 0.3 is 0 Å². The van der Waals surface area contributed by atoms with Gasteiger partial charge in [-0.15, -0.1) is 0 Å². The summed E-state index contributed by atoms with van der Waals surface area (Å²) in [7, 11) is -3.75. The number of aliphatic hydroxyl groups is 1. The SMILES string of the molecule is Nc1ccc2c(c1)C(=O)N(CCCCO)S2(=O)=O. The Hall–Kier alpha value is -1.60. The molecule has 0 saturated heterocycles. The van der Waals surface area contributed by atoms with Crippen LogP contribution in [0, 0.1) is 0 Å². The van der Waals surface area contributed by atoms with E-state index in [1.165, 1.54) is 18.2 Å². The number of aliphatic hydroxyl groups excluding tert-OH is 1. The van der Waals surface area contributed by atoms with Crippen LogP contribution in [0.2, 0.25) is 0 Å². The highest BCUT2D eigenvalue weighted by atomic mass is 32.2. The maximum Gasteiger partial charge on any atom is 0.269 e. The number of nitrogen functional groups attached to an aromatic ring is 1. The van der Waals surface area contributed by atoms with Gasteiger partial charge in [-0.25, -0.2) is 12.7 Å². The molecule has 1 aromatic carbocycles. The lowest BCUT2D eigenvalue weighted by molar-refractivity contribution is 0.0868. The van der Waals surface area contributed by atoms with E-state index in [-0.39, 0.29) is 23.6 Å². The highest BCUT2D eigenvalue weighted by Gasteiger charge is 2.40. The number of hydrogen-bond acceptors (Lipinski definition) is 5. The molecule has 1 aliphatic rings. The van der Waals surface area contributed by atoms with Crippen LogP contribution in [0.25, 0.3) is 0 Å². The predicted molar refractivity (Wildman–Crippen MR) is 65.4 cm³/mol. The fourth-order valence-electron chi connectivity index (χ4n) is 1.89. The topological polar surface area (TPSA) is 101 Å². The van der Waals surface area contributed by atoms with Crippen LogP contribution < -0.4 is 5.73 Å². The van der Waals surface area contributed by atoms with Gasteiger partial charge in [0.1, 0.15) is 4.90 Å². The summed E-state index contributed by atoms with van der Waals surface area (Å²) in [6, 6.07) is 4.19. The van der Waals surface area contributed by atoms with Gasteiger partial charge in [-0.1, -0.05) is 0 Å². The van der Waals surface area contributed by atoms with Crippen molar-refractivity contribution >= 4 is 21.6 Å². The van der Waals surface area contributed by atoms with Crippen molar-refractivity contribution in [1.82, 2.24) is 4.31 Å². The molecule has 0 unspecified atom stereocenters. The molecule has 98 valence electrons. The zero-order valence-electron chi connectivity index (χ0n) is 9.67. The molecule has 0 atom stereocenters. The monoisotopic (exact) mass is 270 g/mol. The Morgan fingerprint density at radius 2 is 2.00 bits per heavy atom. The van der Waals surface area contributed by atoms with Crippen LogP contribution in [0.3, 0.4) is 0 Å². The lowest BCUT2D eigenvalue weighted by Crippen LogP contribution is -2.31. The Kier molecular flexibility index (Phi) is 3.27. The first-order valence-corrected chi connectivity index (χ1v) is 7.00. The Labute approximate surface area is 105 Å². The number of fused-ring (bicyclic) bond motifs is 1. The molecule has 0 saturated carbocycles. The third-order valence-corrected chi connectivity index (χ3v) is 4.64. The standard InChI is InChI=1S/C11H14N2O4S/c12-8-3-4-10-9(7-8)11(15)13(18(10,16)17)5-1-2-6-14/h3-4,7,14H,1-2,5-6,12H2. The second kappa shape index (κ2) is 4.58. The van der Waals surface area contributed by atoms with Crippen LogP contribution in [0.15, 0.2) is 23.1 Å². The molecular formula is C11H14N2O4S. The van der Waals surface area contributed by atoms with Crippen molar-refractivity contribution in [1.29, 1.82) is 0 Å². The molecule has 0 bridgehead atoms. The Bertz CT molecular complexity index is 583. The molecule has 1 aromatic rings. The smallest absolute Gasteiger partial charge is 0.269 e. The maximum absolute atomic E-state index is 12.1. The summed E-state index contributed by atoms with van der Waals surface area (Å²) in [4.78, 5) is 12.0. The molecule has 1 aliphatic heterocycles. The summed E-state index contributed by atoms with van der Waals surface area (Å²) in [5.74, 6) is -0.546. The van der Waals surface area contributed by atoms with Gasteiger partial charge in [0, 0.05) is 18.8 Å². The summed E-state index contributed by atoms with van der Waals surface area (Å²) in [5.41, 5.74) is 6.03. The number of nitrogens with two attached hydrogens (primary N) is 1. The first-order valence-electron chi connectivity index (χ1n) is 5.56. The second-order valence-corrected chi connectivity index (χ2v) is 5.90. The van der Waals surface area contributed by atoms with E-state index >= 15 is 0 Å². The highest BCUT2D eigenvalue weighted by Crippen LogP contribution is 2.31. The number of carbonyl (C=O) groups is 1. The van der Waals surface area contributed by atoms with E-state index < -0.39 is 15.9 Å². The minimum absolute atomic E-state index is 0.00528. The molecule has 0 aliphatic carbocycles. The van der Waals surface area contributed by atoms with Crippen molar-refractivity contribution in [3.05, 3.63) is 23.8 Å². The van der Waals surface area contributed by atoms with Crippen LogP contribution in [-0.2, 0) is 10.0 Å². The molecule has 0 spiro atoms. The van der Waals surface area contributed by atoms with Crippen LogP contribution >= 0.6 is 0 Å². The van der Waals surface area contributed by atoms with Crippen molar-refractivity contribution in [3.8, 4) is 0 Å². The van der Waals surface area contributed by atoms with Gasteiger partial charge in [-0.2, -0.15) is 0 Å². The van der Waals surface area contributed by atoms with Gasteiger partial charge in [0.05, 0.1) is 5.56 Å². The number of nitrogens with zero attached hydrogens (tertiary/aromatic N) is 1. The quantitative estimate of drug-likeness (QED) is 0.600. The number of carbonyl (C=O) groups excluding carboxylic acids is 1. The van der Waals surface area contributed by atoms with Crippen molar-refractivity contribution in [2.75, 3.05) is 18.9 Å². The summed E-state index contributed by atoms with van der Waals surface area (Å²) in [6.45, 7) is 0.0539. The van der Waals surface area contributed by atoms with E-state index in [0.29, 0.717) is 18.5 Å². The molecule has 18 heavy (non-hydrogen) atoms. The molecule has 1 heterocycles. The zero-order valence-corrected chi connectivity index (χ0v) is 10.5. The van der Waals surface area contributed by atoms with Gasteiger partial charge in [0.2, 0.25) is 0 Å². The predicted octanol–water partition coefficient (Wildman–Crippen LogP) is 0.186. The fourth-order valence-corrected chi connectivity index (χ4v) is 3.48. The molecule has 7 heteroatoms. The fraction of sp³-hybridized carbons (Fsp3) is 0.364. The highest BCUT2D eigenvalue weighted by molar-refractivity contribution is 7.90. The van der Waals surface area contributed by atoms with Crippen LogP contribution in [0.1, 0.15) is 23.2 Å². The van der Waals surface area contributed by atoms with Gasteiger partial charge in [-0.3, -0.25) is 4.79 Å². The molecule has 6 nitrogen and oxygen atoms in total. The number of anilines is 1. The Balaban J connectivity index is 2.35. The molecule has 1 amide bonds. The summed E-state index contributed by atoms with van der Waals surface area (Å²) >= 11 is 0. The van der Waals surface area contributed by atoms with Gasteiger partial charge in [0.25, 0.3) is 15.9 Å². The first kappa shape index (κ1) is 12.8. The molecule has 3 N–H and O–H groups in total. The van der Waals surface area contributed by atoms with E-state index in [2.05, 4.69) is 0 Å². The molecule has 0 aromatic heterocycles. The third kappa shape index (κ3) is 1.95. The Morgan fingerprint density at radius 3 is 2.67 bits per heavy atom. The zero-order chi connectivity index (χ0) is 13.3. The Morgan fingerprint density at radius 1 is 1.28 bits per heavy atom. The average molecular weight is 270 g/mol. The van der Waals surface area contributed by atoms with E-state index in [1.54, 1.807) is 0 Å².